The van der Waals surface area contributed by atoms with Crippen molar-refractivity contribution >= 4 is 5.91 Å². The van der Waals surface area contributed by atoms with Crippen LogP contribution in [0.2, 0.25) is 0 Å². The monoisotopic (exact) mass is 403 g/mol. The predicted octanol–water partition coefficient (Wildman–Crippen LogP) is 0.999. The molecule has 1 N–H and O–H groups in total. The second kappa shape index (κ2) is 7.96. The summed E-state index contributed by atoms with van der Waals surface area (Å²) in [5, 5.41) is 19.6. The van der Waals surface area contributed by atoms with Gasteiger partial charge in [0.2, 0.25) is 5.91 Å². The number of aromatic nitrogens is 3. The van der Waals surface area contributed by atoms with E-state index in [4.69, 9.17) is 4.74 Å². The minimum atomic E-state index is -0.794. The van der Waals surface area contributed by atoms with Crippen molar-refractivity contribution in [1.29, 1.82) is 0 Å². The van der Waals surface area contributed by atoms with Gasteiger partial charge in [0, 0.05) is 25.7 Å². The molecule has 4 atom stereocenters. The van der Waals surface area contributed by atoms with Gasteiger partial charge in [-0.25, -0.2) is 0 Å². The van der Waals surface area contributed by atoms with Crippen LogP contribution < -0.4 is 0 Å². The van der Waals surface area contributed by atoms with Gasteiger partial charge in [0.05, 0.1) is 31.9 Å². The Morgan fingerprint density at radius 1 is 1.21 bits per heavy atom. The molecule has 160 valence electrons. The first-order chi connectivity index (χ1) is 14.1. The summed E-state index contributed by atoms with van der Waals surface area (Å²) in [6.07, 6.45) is 8.98. The van der Waals surface area contributed by atoms with E-state index in [-0.39, 0.29) is 5.92 Å². The Kier molecular flexibility index (Phi) is 5.34. The molecular formula is C21H33N5O3. The largest absolute Gasteiger partial charge is 0.383 e. The molecule has 1 aromatic rings. The van der Waals surface area contributed by atoms with E-state index in [1.54, 1.807) is 0 Å². The van der Waals surface area contributed by atoms with E-state index in [0.29, 0.717) is 31.1 Å². The highest BCUT2D eigenvalue weighted by Gasteiger charge is 2.44. The van der Waals surface area contributed by atoms with Gasteiger partial charge in [-0.2, -0.15) is 0 Å². The predicted molar refractivity (Wildman–Crippen MR) is 106 cm³/mol. The number of aliphatic hydroxyl groups is 1. The third-order valence-corrected chi connectivity index (χ3v) is 7.61. The Morgan fingerprint density at radius 2 is 2.00 bits per heavy atom. The highest BCUT2D eigenvalue weighted by Crippen LogP contribution is 2.38. The van der Waals surface area contributed by atoms with Crippen LogP contribution in [0.25, 0.3) is 0 Å². The van der Waals surface area contributed by atoms with E-state index in [1.807, 2.05) is 15.8 Å². The van der Waals surface area contributed by atoms with Crippen molar-refractivity contribution in [2.45, 2.75) is 63.1 Å². The molecule has 0 radical (unpaired) electrons. The van der Waals surface area contributed by atoms with E-state index in [2.05, 4.69) is 15.2 Å². The lowest BCUT2D eigenvalue weighted by Gasteiger charge is -2.50. The number of rotatable bonds is 4. The van der Waals surface area contributed by atoms with Crippen LogP contribution in [-0.2, 0) is 21.7 Å². The minimum absolute atomic E-state index is 0.132. The van der Waals surface area contributed by atoms with E-state index in [0.717, 1.165) is 76.9 Å². The fourth-order valence-corrected chi connectivity index (χ4v) is 5.84. The molecular weight excluding hydrogens is 370 g/mol. The van der Waals surface area contributed by atoms with Gasteiger partial charge in [-0.05, 0) is 38.1 Å². The van der Waals surface area contributed by atoms with Crippen molar-refractivity contribution in [1.82, 2.24) is 24.8 Å². The number of ether oxygens (including phenoxy) is 1. The van der Waals surface area contributed by atoms with Crippen LogP contribution in [0, 0.1) is 11.8 Å². The summed E-state index contributed by atoms with van der Waals surface area (Å²) in [4.78, 5) is 17.5. The second-order valence-electron chi connectivity index (χ2n) is 9.40. The molecule has 29 heavy (non-hydrogen) atoms. The Morgan fingerprint density at radius 3 is 2.72 bits per heavy atom. The Hall–Kier alpha value is -1.51. The number of morpholine rings is 1. The van der Waals surface area contributed by atoms with Crippen LogP contribution in [0.3, 0.4) is 0 Å². The first-order valence-corrected chi connectivity index (χ1v) is 11.4. The van der Waals surface area contributed by atoms with Crippen LogP contribution in [0.15, 0.2) is 6.20 Å². The molecule has 4 aliphatic heterocycles. The molecule has 0 spiro atoms. The van der Waals surface area contributed by atoms with Crippen LogP contribution >= 0.6 is 0 Å². The van der Waals surface area contributed by atoms with E-state index < -0.39 is 5.60 Å². The van der Waals surface area contributed by atoms with Gasteiger partial charge >= 0.3 is 0 Å². The van der Waals surface area contributed by atoms with Gasteiger partial charge in [0.25, 0.3) is 0 Å². The second-order valence-corrected chi connectivity index (χ2v) is 9.40. The highest BCUT2D eigenvalue weighted by molar-refractivity contribution is 5.79. The maximum Gasteiger partial charge on any atom is 0.227 e. The van der Waals surface area contributed by atoms with E-state index >= 15 is 0 Å². The van der Waals surface area contributed by atoms with Crippen molar-refractivity contribution in [3.8, 4) is 0 Å². The number of amides is 1. The maximum atomic E-state index is 13.0. The summed E-state index contributed by atoms with van der Waals surface area (Å²) in [7, 11) is 0. The number of carbonyl (C=O) groups is 1. The normalized spacial score (nSPS) is 34.3. The molecule has 1 saturated carbocycles. The minimum Gasteiger partial charge on any atom is -0.383 e. The fraction of sp³-hybridized carbons (Fsp3) is 0.857. The van der Waals surface area contributed by atoms with Crippen molar-refractivity contribution in [2.24, 2.45) is 11.8 Å². The van der Waals surface area contributed by atoms with Crippen LogP contribution in [0.5, 0.6) is 0 Å². The summed E-state index contributed by atoms with van der Waals surface area (Å²) >= 11 is 0. The van der Waals surface area contributed by atoms with Gasteiger partial charge in [-0.1, -0.05) is 24.5 Å². The highest BCUT2D eigenvalue weighted by atomic mass is 16.5. The third-order valence-electron chi connectivity index (χ3n) is 7.61. The molecule has 5 heterocycles. The van der Waals surface area contributed by atoms with Crippen molar-refractivity contribution in [3.63, 3.8) is 0 Å². The summed E-state index contributed by atoms with van der Waals surface area (Å²) in [5.74, 6) is 0.919. The molecule has 1 aliphatic carbocycles. The molecule has 8 nitrogen and oxygen atoms in total. The first-order valence-electron chi connectivity index (χ1n) is 11.4. The van der Waals surface area contributed by atoms with Gasteiger partial charge < -0.3 is 14.7 Å². The fourth-order valence-electron chi connectivity index (χ4n) is 5.84. The molecule has 5 aliphatic rings. The summed E-state index contributed by atoms with van der Waals surface area (Å²) in [5.41, 5.74) is -0.0635. The number of piperidine rings is 3. The number of hydrogen-bond donors (Lipinski definition) is 1. The van der Waals surface area contributed by atoms with Crippen LogP contribution in [0.4, 0.5) is 0 Å². The van der Waals surface area contributed by atoms with Crippen molar-refractivity contribution < 1.29 is 14.6 Å². The van der Waals surface area contributed by atoms with E-state index in [1.165, 1.54) is 6.42 Å². The molecule has 8 heteroatoms. The molecule has 4 saturated heterocycles. The van der Waals surface area contributed by atoms with Gasteiger partial charge in [-0.3, -0.25) is 14.4 Å². The first kappa shape index (κ1) is 19.5. The van der Waals surface area contributed by atoms with Gasteiger partial charge in [0.15, 0.2) is 0 Å². The molecule has 6 rings (SSSR count). The standard InChI is InChI=1S/C21H33N5O3/c27-20(24-8-10-29-11-9-24)18-14-25-7-4-16(18)12-17(25)13-26-15-19(22-23-26)21(28)5-2-1-3-6-21/h15-18,28H,1-14H2. The quantitative estimate of drug-likeness (QED) is 0.808. The number of hydrogen-bond acceptors (Lipinski definition) is 6. The average molecular weight is 404 g/mol. The third kappa shape index (κ3) is 3.82. The zero-order chi connectivity index (χ0) is 19.8. The van der Waals surface area contributed by atoms with Crippen LogP contribution in [0.1, 0.15) is 50.6 Å². The number of nitrogens with zero attached hydrogens (tertiary/aromatic N) is 5. The molecule has 1 amide bonds. The Labute approximate surface area is 172 Å². The molecule has 2 bridgehead atoms. The number of fused-ring (bicyclic) bond motifs is 3. The zero-order valence-electron chi connectivity index (χ0n) is 17.2. The smallest absolute Gasteiger partial charge is 0.227 e. The Bertz CT molecular complexity index is 726. The van der Waals surface area contributed by atoms with Gasteiger partial charge in [-0.15, -0.1) is 5.10 Å². The lowest BCUT2D eigenvalue weighted by molar-refractivity contribution is -0.148. The van der Waals surface area contributed by atoms with Crippen LogP contribution in [-0.4, -0.2) is 81.2 Å². The van der Waals surface area contributed by atoms with Gasteiger partial charge in [0.1, 0.15) is 11.3 Å². The average Bonchev–Trinajstić information content (AvgIpc) is 3.24. The van der Waals surface area contributed by atoms with E-state index in [9.17, 15) is 9.90 Å². The Balaban J connectivity index is 1.21. The lowest BCUT2D eigenvalue weighted by Crippen LogP contribution is -2.59. The summed E-state index contributed by atoms with van der Waals surface area (Å²) < 4.78 is 7.31. The molecule has 5 fully saturated rings. The number of carbonyl (C=O) groups excluding carboxylic acids is 1. The maximum absolute atomic E-state index is 13.0. The van der Waals surface area contributed by atoms with Crippen molar-refractivity contribution in [3.05, 3.63) is 11.9 Å². The molecule has 0 aromatic carbocycles. The summed E-state index contributed by atoms with van der Waals surface area (Å²) in [6, 6.07) is 0.401. The topological polar surface area (TPSA) is 83.7 Å². The molecule has 4 unspecified atom stereocenters. The zero-order valence-corrected chi connectivity index (χ0v) is 17.2. The van der Waals surface area contributed by atoms with Crippen molar-refractivity contribution in [2.75, 3.05) is 39.4 Å². The molecule has 1 aromatic heterocycles. The SMILES string of the molecule is O=C(C1CN2CCC1CC2Cn1cc(C2(O)CCCCC2)nn1)N1CCOCC1. The lowest BCUT2D eigenvalue weighted by atomic mass is 9.75. The summed E-state index contributed by atoms with van der Waals surface area (Å²) in [6.45, 7) is 5.50.